The second-order valence-electron chi connectivity index (χ2n) is 6.46. The third-order valence-electron chi connectivity index (χ3n) is 4.45. The van der Waals surface area contributed by atoms with Gasteiger partial charge in [0.2, 0.25) is 0 Å². The number of aromatic nitrogens is 2. The van der Waals surface area contributed by atoms with Crippen LogP contribution in [0, 0.1) is 23.3 Å². The lowest BCUT2D eigenvalue weighted by Gasteiger charge is -2.12. The van der Waals surface area contributed by atoms with Gasteiger partial charge in [0.05, 0.1) is 22.3 Å². The van der Waals surface area contributed by atoms with Crippen molar-refractivity contribution in [3.63, 3.8) is 0 Å². The highest BCUT2D eigenvalue weighted by Gasteiger charge is 2.26. The Balaban J connectivity index is 1.74. The van der Waals surface area contributed by atoms with Crippen LogP contribution in [0.1, 0.15) is 26.3 Å². The fourth-order valence-electron chi connectivity index (χ4n) is 2.97. The predicted molar refractivity (Wildman–Crippen MR) is 104 cm³/mol. The van der Waals surface area contributed by atoms with E-state index in [9.17, 15) is 27.2 Å². The maximum absolute atomic E-state index is 15.0. The molecule has 0 aliphatic carbocycles. The number of ketones is 1. The summed E-state index contributed by atoms with van der Waals surface area (Å²) < 4.78 is 56.8. The van der Waals surface area contributed by atoms with E-state index >= 15 is 0 Å². The predicted octanol–water partition coefficient (Wildman–Crippen LogP) is 4.67. The number of anilines is 1. The van der Waals surface area contributed by atoms with Crippen LogP contribution in [0.4, 0.5) is 23.2 Å². The number of halogens is 4. The lowest BCUT2D eigenvalue weighted by atomic mass is 10.0. The quantitative estimate of drug-likeness (QED) is 0.293. The summed E-state index contributed by atoms with van der Waals surface area (Å²) in [6, 6.07) is 8.85. The van der Waals surface area contributed by atoms with Crippen molar-refractivity contribution < 1.29 is 27.2 Å². The Morgan fingerprint density at radius 2 is 1.52 bits per heavy atom. The molecular weight excluding hydrogens is 414 g/mol. The molecule has 5 nitrogen and oxygen atoms in total. The maximum atomic E-state index is 15.0. The molecule has 0 atom stereocenters. The minimum Gasteiger partial charge on any atom is -0.319 e. The lowest BCUT2D eigenvalue weighted by molar-refractivity contribution is 0.101. The van der Waals surface area contributed by atoms with Crippen molar-refractivity contribution in [1.82, 2.24) is 9.97 Å². The molecule has 31 heavy (non-hydrogen) atoms. The van der Waals surface area contributed by atoms with E-state index in [1.165, 1.54) is 42.7 Å². The van der Waals surface area contributed by atoms with E-state index in [0.717, 1.165) is 12.1 Å². The Morgan fingerprint density at radius 1 is 0.774 bits per heavy atom. The van der Waals surface area contributed by atoms with Gasteiger partial charge in [-0.25, -0.2) is 17.6 Å². The van der Waals surface area contributed by atoms with Crippen LogP contribution in [-0.4, -0.2) is 21.7 Å². The Labute approximate surface area is 172 Å². The molecule has 4 rings (SSSR count). The average Bonchev–Trinajstić information content (AvgIpc) is 2.77. The van der Waals surface area contributed by atoms with Gasteiger partial charge in [-0.1, -0.05) is 6.07 Å². The summed E-state index contributed by atoms with van der Waals surface area (Å²) in [6.07, 6.45) is 2.81. The highest BCUT2D eigenvalue weighted by atomic mass is 19.2. The number of carbonyl (C=O) groups is 2. The minimum atomic E-state index is -1.70. The molecule has 4 aromatic rings. The molecule has 0 bridgehead atoms. The van der Waals surface area contributed by atoms with Gasteiger partial charge in [-0.3, -0.25) is 19.6 Å². The van der Waals surface area contributed by atoms with E-state index in [0.29, 0.717) is 17.1 Å². The first kappa shape index (κ1) is 20.1. The molecule has 0 saturated carbocycles. The van der Waals surface area contributed by atoms with Crippen LogP contribution in [0.25, 0.3) is 11.0 Å². The van der Waals surface area contributed by atoms with Crippen LogP contribution in [0.5, 0.6) is 0 Å². The average molecular weight is 425 g/mol. The third-order valence-corrected chi connectivity index (χ3v) is 4.45. The van der Waals surface area contributed by atoms with E-state index in [1.54, 1.807) is 0 Å². The van der Waals surface area contributed by atoms with Gasteiger partial charge >= 0.3 is 0 Å². The largest absolute Gasteiger partial charge is 0.319 e. The minimum absolute atomic E-state index is 0.154. The lowest BCUT2D eigenvalue weighted by Crippen LogP contribution is -2.17. The van der Waals surface area contributed by atoms with Gasteiger partial charge in [-0.05, 0) is 36.4 Å². The molecule has 1 amide bonds. The van der Waals surface area contributed by atoms with Gasteiger partial charge < -0.3 is 5.32 Å². The smallest absolute Gasteiger partial charge is 0.255 e. The number of nitrogens with one attached hydrogen (secondary N) is 1. The number of hydrogen-bond donors (Lipinski definition) is 1. The molecule has 0 saturated heterocycles. The number of rotatable bonds is 4. The molecule has 0 fully saturated rings. The van der Waals surface area contributed by atoms with Crippen molar-refractivity contribution in [3.8, 4) is 0 Å². The van der Waals surface area contributed by atoms with Crippen molar-refractivity contribution in [2.24, 2.45) is 0 Å². The summed E-state index contributed by atoms with van der Waals surface area (Å²) in [5, 5.41) is 2.04. The topological polar surface area (TPSA) is 72.0 Å². The maximum Gasteiger partial charge on any atom is 0.255 e. The highest BCUT2D eigenvalue weighted by molar-refractivity contribution is 6.12. The van der Waals surface area contributed by atoms with Crippen LogP contribution in [0.2, 0.25) is 0 Å². The molecule has 9 heteroatoms. The zero-order valence-corrected chi connectivity index (χ0v) is 15.5. The molecule has 1 N–H and O–H groups in total. The van der Waals surface area contributed by atoms with Crippen molar-refractivity contribution in [2.75, 3.05) is 5.32 Å². The molecule has 0 aliphatic rings. The van der Waals surface area contributed by atoms with Gasteiger partial charge in [0.25, 0.3) is 5.91 Å². The van der Waals surface area contributed by atoms with Crippen molar-refractivity contribution >= 4 is 28.4 Å². The Kier molecular flexibility index (Phi) is 5.16. The molecule has 0 radical (unpaired) electrons. The molecule has 0 spiro atoms. The van der Waals surface area contributed by atoms with E-state index < -0.39 is 46.2 Å². The van der Waals surface area contributed by atoms with Gasteiger partial charge in [-0.2, -0.15) is 0 Å². The SMILES string of the molecule is O=C(Nc1cc(F)c(F)c(C(=O)c2ccc3nccnc3c2)c1F)c1cccc(F)c1. The summed E-state index contributed by atoms with van der Waals surface area (Å²) >= 11 is 0. The van der Waals surface area contributed by atoms with E-state index in [4.69, 9.17) is 0 Å². The second-order valence-corrected chi connectivity index (χ2v) is 6.46. The summed E-state index contributed by atoms with van der Waals surface area (Å²) in [5.74, 6) is -7.54. The number of nitrogens with zero attached hydrogens (tertiary/aromatic N) is 2. The zero-order valence-electron chi connectivity index (χ0n) is 15.5. The summed E-state index contributed by atoms with van der Waals surface area (Å²) in [5.41, 5.74) is -1.54. The van der Waals surface area contributed by atoms with Gasteiger partial charge in [0.1, 0.15) is 5.82 Å². The fraction of sp³-hybridized carbons (Fsp3) is 0. The first-order chi connectivity index (χ1) is 14.8. The fourth-order valence-corrected chi connectivity index (χ4v) is 2.97. The van der Waals surface area contributed by atoms with Crippen LogP contribution >= 0.6 is 0 Å². The molecular formula is C22H11F4N3O2. The van der Waals surface area contributed by atoms with Crippen LogP contribution in [-0.2, 0) is 0 Å². The Morgan fingerprint density at radius 3 is 2.26 bits per heavy atom. The summed E-state index contributed by atoms with van der Waals surface area (Å²) in [4.78, 5) is 33.1. The molecule has 0 aliphatic heterocycles. The summed E-state index contributed by atoms with van der Waals surface area (Å²) in [7, 11) is 0. The number of carbonyl (C=O) groups excluding carboxylic acids is 2. The molecule has 0 unspecified atom stereocenters. The first-order valence-corrected chi connectivity index (χ1v) is 8.85. The van der Waals surface area contributed by atoms with Crippen molar-refractivity contribution in [3.05, 3.63) is 101 Å². The van der Waals surface area contributed by atoms with Gasteiger partial charge in [-0.15, -0.1) is 0 Å². The van der Waals surface area contributed by atoms with Gasteiger partial charge in [0, 0.05) is 29.6 Å². The van der Waals surface area contributed by atoms with E-state index in [1.807, 2.05) is 5.32 Å². The molecule has 1 heterocycles. The van der Waals surface area contributed by atoms with Crippen LogP contribution < -0.4 is 5.32 Å². The summed E-state index contributed by atoms with van der Waals surface area (Å²) in [6.45, 7) is 0. The monoisotopic (exact) mass is 425 g/mol. The molecule has 154 valence electrons. The van der Waals surface area contributed by atoms with E-state index in [-0.39, 0.29) is 11.1 Å². The third kappa shape index (κ3) is 3.85. The first-order valence-electron chi connectivity index (χ1n) is 8.85. The van der Waals surface area contributed by atoms with E-state index in [2.05, 4.69) is 9.97 Å². The second kappa shape index (κ2) is 7.94. The number of benzene rings is 3. The van der Waals surface area contributed by atoms with Crippen LogP contribution in [0.3, 0.4) is 0 Å². The Bertz CT molecular complexity index is 1360. The number of amides is 1. The highest BCUT2D eigenvalue weighted by Crippen LogP contribution is 2.27. The van der Waals surface area contributed by atoms with Crippen LogP contribution in [0.15, 0.2) is 60.9 Å². The Hall–Kier alpha value is -4.14. The van der Waals surface area contributed by atoms with Crippen molar-refractivity contribution in [2.45, 2.75) is 0 Å². The van der Waals surface area contributed by atoms with Crippen molar-refractivity contribution in [1.29, 1.82) is 0 Å². The molecule has 3 aromatic carbocycles. The normalized spacial score (nSPS) is 10.8. The molecule has 1 aromatic heterocycles. The zero-order chi connectivity index (χ0) is 22.1. The van der Waals surface area contributed by atoms with Gasteiger partial charge in [0.15, 0.2) is 23.2 Å². The number of hydrogen-bond acceptors (Lipinski definition) is 4. The standard InChI is InChI=1S/C22H11F4N3O2/c23-13-3-1-2-12(8-13)22(31)29-17-10-14(24)19(25)18(20(17)26)21(30)11-4-5-15-16(9-11)28-7-6-27-15/h1-10H,(H,29,31). The number of fused-ring (bicyclic) bond motifs is 1.